The van der Waals surface area contributed by atoms with Gasteiger partial charge in [-0.25, -0.2) is 0 Å². The van der Waals surface area contributed by atoms with Gasteiger partial charge in [-0.3, -0.25) is 0 Å². The maximum Gasteiger partial charge on any atom is 0.230 e. The normalized spacial score (nSPS) is 10.3. The summed E-state index contributed by atoms with van der Waals surface area (Å²) in [5.74, 6) is 0.966. The molecular formula is C9H16IN5O2. The molecule has 0 aliphatic carbocycles. The Balaban J connectivity index is 2.53. The van der Waals surface area contributed by atoms with Crippen LogP contribution < -0.4 is 10.6 Å². The number of rotatable bonds is 8. The maximum atomic E-state index is 5.16. The fraction of sp³-hybridized carbons (Fsp3) is 0.667. The summed E-state index contributed by atoms with van der Waals surface area (Å²) in [7, 11) is 0. The number of nitrogens with zero attached hydrogens (tertiary/aromatic N) is 3. The fourth-order valence-electron chi connectivity index (χ4n) is 0.943. The Bertz CT molecular complexity index is 311. The Morgan fingerprint density at radius 2 is 1.41 bits per heavy atom. The van der Waals surface area contributed by atoms with Gasteiger partial charge in [0.2, 0.25) is 11.9 Å². The molecule has 0 aliphatic heterocycles. The van der Waals surface area contributed by atoms with Gasteiger partial charge >= 0.3 is 0 Å². The highest BCUT2D eigenvalue weighted by Gasteiger charge is 2.03. The average Bonchev–Trinajstić information content (AvgIpc) is 2.29. The van der Waals surface area contributed by atoms with Gasteiger partial charge in [-0.1, -0.05) is 0 Å². The van der Waals surface area contributed by atoms with Gasteiger partial charge < -0.3 is 20.1 Å². The topological polar surface area (TPSA) is 81.2 Å². The van der Waals surface area contributed by atoms with Gasteiger partial charge in [0.15, 0.2) is 3.83 Å². The predicted molar refractivity (Wildman–Crippen MR) is 72.8 cm³/mol. The Hall–Kier alpha value is -0.740. The molecule has 1 aromatic rings. The molecule has 0 spiro atoms. The second-order valence-electron chi connectivity index (χ2n) is 2.88. The van der Waals surface area contributed by atoms with Gasteiger partial charge in [0, 0.05) is 35.8 Å². The van der Waals surface area contributed by atoms with Crippen molar-refractivity contribution in [3.63, 3.8) is 0 Å². The molecule has 0 aliphatic rings. The molecule has 0 atom stereocenters. The van der Waals surface area contributed by atoms with Crippen LogP contribution in [-0.4, -0.2) is 41.6 Å². The third kappa shape index (κ3) is 5.94. The molecular weight excluding hydrogens is 337 g/mol. The number of ether oxygens (including phenoxy) is 2. The second kappa shape index (κ2) is 8.37. The van der Waals surface area contributed by atoms with E-state index in [2.05, 4.69) is 25.6 Å². The molecule has 2 N–H and O–H groups in total. The third-order valence-electron chi connectivity index (χ3n) is 1.68. The van der Waals surface area contributed by atoms with Crippen molar-refractivity contribution >= 4 is 34.5 Å². The van der Waals surface area contributed by atoms with Gasteiger partial charge in [0.25, 0.3) is 0 Å². The van der Waals surface area contributed by atoms with E-state index in [9.17, 15) is 0 Å². The lowest BCUT2D eigenvalue weighted by Gasteiger charge is -2.08. The number of nitrogens with one attached hydrogen (secondary N) is 2. The molecule has 0 fully saturated rings. The fourth-order valence-corrected chi connectivity index (χ4v) is 1.40. The standard InChI is InChI=1S/C9H16IN5O2/c1-3-16-5-11-8-13-7(10)14-9(15-8)12-6-17-4-2/h3-6H2,1-2H3,(H2,11,12,13,14,15). The van der Waals surface area contributed by atoms with Crippen LogP contribution in [-0.2, 0) is 9.47 Å². The summed E-state index contributed by atoms with van der Waals surface area (Å²) >= 11 is 2.03. The van der Waals surface area contributed by atoms with Crippen LogP contribution in [0, 0.1) is 3.83 Å². The number of aromatic nitrogens is 3. The summed E-state index contributed by atoms with van der Waals surface area (Å²) in [6, 6.07) is 0. The predicted octanol–water partition coefficient (Wildman–Crippen LogP) is 1.29. The van der Waals surface area contributed by atoms with Crippen molar-refractivity contribution < 1.29 is 9.47 Å². The van der Waals surface area contributed by atoms with E-state index in [1.807, 2.05) is 36.4 Å². The van der Waals surface area contributed by atoms with Crippen LogP contribution in [0.4, 0.5) is 11.9 Å². The lowest BCUT2D eigenvalue weighted by atomic mass is 10.8. The second-order valence-corrected chi connectivity index (χ2v) is 3.84. The van der Waals surface area contributed by atoms with Crippen LogP contribution in [0.1, 0.15) is 13.8 Å². The van der Waals surface area contributed by atoms with Gasteiger partial charge in [-0.05, 0) is 13.8 Å². The average molecular weight is 353 g/mol. The van der Waals surface area contributed by atoms with E-state index in [1.54, 1.807) is 0 Å². The molecule has 0 saturated heterocycles. The third-order valence-corrected chi connectivity index (χ3v) is 2.16. The monoisotopic (exact) mass is 353 g/mol. The van der Waals surface area contributed by atoms with E-state index in [-0.39, 0.29) is 0 Å². The first-order valence-corrected chi connectivity index (χ1v) is 6.39. The van der Waals surface area contributed by atoms with Crippen molar-refractivity contribution in [3.8, 4) is 0 Å². The number of hydrogen-bond acceptors (Lipinski definition) is 7. The van der Waals surface area contributed by atoms with Gasteiger partial charge in [0.1, 0.15) is 13.5 Å². The number of halogens is 1. The quantitative estimate of drug-likeness (QED) is 0.414. The molecule has 1 aromatic heterocycles. The molecule has 0 aromatic carbocycles. The maximum absolute atomic E-state index is 5.16. The SMILES string of the molecule is CCOCNc1nc(I)nc(NCOCC)n1. The first-order chi connectivity index (χ1) is 8.26. The molecule has 0 bridgehead atoms. The molecule has 1 heterocycles. The van der Waals surface area contributed by atoms with E-state index < -0.39 is 0 Å². The van der Waals surface area contributed by atoms with E-state index in [4.69, 9.17) is 9.47 Å². The summed E-state index contributed by atoms with van der Waals surface area (Å²) in [6.07, 6.45) is 0. The molecule has 0 saturated carbocycles. The van der Waals surface area contributed by atoms with E-state index >= 15 is 0 Å². The zero-order chi connectivity index (χ0) is 12.5. The zero-order valence-corrected chi connectivity index (χ0v) is 12.0. The minimum absolute atomic E-state index is 0.376. The smallest absolute Gasteiger partial charge is 0.230 e. The Labute approximate surface area is 114 Å². The molecule has 1 rings (SSSR count). The van der Waals surface area contributed by atoms with E-state index in [1.165, 1.54) is 0 Å². The highest BCUT2D eigenvalue weighted by molar-refractivity contribution is 14.1. The van der Waals surface area contributed by atoms with Crippen molar-refractivity contribution in [2.75, 3.05) is 37.3 Å². The Morgan fingerprint density at radius 1 is 0.941 bits per heavy atom. The lowest BCUT2D eigenvalue weighted by molar-refractivity contribution is 0.165. The van der Waals surface area contributed by atoms with Crippen molar-refractivity contribution in [3.05, 3.63) is 3.83 Å². The Kier molecular flexibility index (Phi) is 7.05. The molecule has 17 heavy (non-hydrogen) atoms. The lowest BCUT2D eigenvalue weighted by Crippen LogP contribution is -2.14. The van der Waals surface area contributed by atoms with Crippen molar-refractivity contribution in [2.24, 2.45) is 0 Å². The van der Waals surface area contributed by atoms with Crippen molar-refractivity contribution in [1.29, 1.82) is 0 Å². The largest absolute Gasteiger partial charge is 0.362 e. The molecule has 0 unspecified atom stereocenters. The number of anilines is 2. The highest BCUT2D eigenvalue weighted by atomic mass is 127. The van der Waals surface area contributed by atoms with Crippen LogP contribution in [0.25, 0.3) is 0 Å². The minimum Gasteiger partial charge on any atom is -0.362 e. The summed E-state index contributed by atoms with van der Waals surface area (Å²) in [4.78, 5) is 12.4. The highest BCUT2D eigenvalue weighted by Crippen LogP contribution is 2.07. The zero-order valence-electron chi connectivity index (χ0n) is 9.86. The molecule has 0 amide bonds. The molecule has 96 valence electrons. The first-order valence-electron chi connectivity index (χ1n) is 5.31. The molecule has 8 heteroatoms. The van der Waals surface area contributed by atoms with Gasteiger partial charge in [0.05, 0.1) is 0 Å². The van der Waals surface area contributed by atoms with E-state index in [0.717, 1.165) is 0 Å². The van der Waals surface area contributed by atoms with Gasteiger partial charge in [-0.2, -0.15) is 15.0 Å². The van der Waals surface area contributed by atoms with Crippen LogP contribution in [0.5, 0.6) is 0 Å². The van der Waals surface area contributed by atoms with Gasteiger partial charge in [-0.15, -0.1) is 0 Å². The molecule has 0 radical (unpaired) electrons. The van der Waals surface area contributed by atoms with Crippen LogP contribution in [0.15, 0.2) is 0 Å². The Morgan fingerprint density at radius 3 is 1.82 bits per heavy atom. The molecule has 7 nitrogen and oxygen atoms in total. The number of hydrogen-bond donors (Lipinski definition) is 2. The van der Waals surface area contributed by atoms with Crippen LogP contribution >= 0.6 is 22.6 Å². The summed E-state index contributed by atoms with van der Waals surface area (Å²) in [5.41, 5.74) is 0. The van der Waals surface area contributed by atoms with Crippen LogP contribution in [0.2, 0.25) is 0 Å². The summed E-state index contributed by atoms with van der Waals surface area (Å²) in [6.45, 7) is 5.89. The van der Waals surface area contributed by atoms with Crippen molar-refractivity contribution in [1.82, 2.24) is 15.0 Å². The van der Waals surface area contributed by atoms with Crippen molar-refractivity contribution in [2.45, 2.75) is 13.8 Å². The van der Waals surface area contributed by atoms with Crippen LogP contribution in [0.3, 0.4) is 0 Å². The van der Waals surface area contributed by atoms with E-state index in [0.29, 0.717) is 42.4 Å². The summed E-state index contributed by atoms with van der Waals surface area (Å²) < 4.78 is 10.9. The first kappa shape index (κ1) is 14.3. The summed E-state index contributed by atoms with van der Waals surface area (Å²) in [5, 5.41) is 5.89. The minimum atomic E-state index is 0.376.